The van der Waals surface area contributed by atoms with Crippen molar-refractivity contribution in [2.24, 2.45) is 0 Å². The van der Waals surface area contributed by atoms with Gasteiger partial charge in [-0.3, -0.25) is 4.79 Å². The number of rotatable bonds is 8. The maximum absolute atomic E-state index is 11.4. The van der Waals surface area contributed by atoms with E-state index >= 15 is 0 Å². The summed E-state index contributed by atoms with van der Waals surface area (Å²) in [7, 11) is 1.83. The van der Waals surface area contributed by atoms with Crippen LogP contribution in [0.4, 0.5) is 0 Å². The Morgan fingerprint density at radius 2 is 2.00 bits per heavy atom. The Bertz CT molecular complexity index is 391. The highest BCUT2D eigenvalue weighted by Gasteiger charge is 2.06. The van der Waals surface area contributed by atoms with E-state index in [-0.39, 0.29) is 5.91 Å². The smallest absolute Gasteiger partial charge is 0.221 e. The lowest BCUT2D eigenvalue weighted by molar-refractivity contribution is -0.121. The van der Waals surface area contributed by atoms with E-state index in [0.29, 0.717) is 32.0 Å². The third-order valence-corrected chi connectivity index (χ3v) is 2.82. The van der Waals surface area contributed by atoms with Gasteiger partial charge in [-0.05, 0) is 24.6 Å². The minimum Gasteiger partial charge on any atom is -0.491 e. The number of para-hydroxylation sites is 1. The number of carbonyl (C=O) groups excluding carboxylic acids is 1. The Labute approximate surface area is 115 Å². The lowest BCUT2D eigenvalue weighted by Crippen LogP contribution is -2.30. The SMILES string of the molecule is CNCCC(=O)NCCOc1ccccc1C(C)C. The van der Waals surface area contributed by atoms with Gasteiger partial charge >= 0.3 is 0 Å². The zero-order valence-electron chi connectivity index (χ0n) is 12.0. The van der Waals surface area contributed by atoms with E-state index in [0.717, 1.165) is 5.75 Å². The van der Waals surface area contributed by atoms with Crippen LogP contribution >= 0.6 is 0 Å². The molecule has 0 aromatic heterocycles. The number of hydrogen-bond acceptors (Lipinski definition) is 3. The summed E-state index contributed by atoms with van der Waals surface area (Å²) in [6.07, 6.45) is 0.499. The third kappa shape index (κ3) is 5.75. The number of nitrogens with one attached hydrogen (secondary N) is 2. The summed E-state index contributed by atoms with van der Waals surface area (Å²) in [6, 6.07) is 8.03. The van der Waals surface area contributed by atoms with Crippen LogP contribution in [0.2, 0.25) is 0 Å². The van der Waals surface area contributed by atoms with Gasteiger partial charge < -0.3 is 15.4 Å². The first kappa shape index (κ1) is 15.5. The fourth-order valence-electron chi connectivity index (χ4n) is 1.77. The van der Waals surface area contributed by atoms with Crippen molar-refractivity contribution in [3.63, 3.8) is 0 Å². The van der Waals surface area contributed by atoms with Gasteiger partial charge in [-0.25, -0.2) is 0 Å². The fraction of sp³-hybridized carbons (Fsp3) is 0.533. The maximum Gasteiger partial charge on any atom is 0.221 e. The Kier molecular flexibility index (Phi) is 6.97. The Morgan fingerprint density at radius 3 is 2.68 bits per heavy atom. The highest BCUT2D eigenvalue weighted by Crippen LogP contribution is 2.25. The highest BCUT2D eigenvalue weighted by molar-refractivity contribution is 5.76. The summed E-state index contributed by atoms with van der Waals surface area (Å²) >= 11 is 0. The van der Waals surface area contributed by atoms with Gasteiger partial charge in [0.05, 0.1) is 6.54 Å². The summed E-state index contributed by atoms with van der Waals surface area (Å²) < 4.78 is 5.72. The van der Waals surface area contributed by atoms with Gasteiger partial charge in [0.1, 0.15) is 12.4 Å². The number of amides is 1. The van der Waals surface area contributed by atoms with Crippen molar-refractivity contribution in [3.05, 3.63) is 29.8 Å². The molecule has 0 unspecified atom stereocenters. The average Bonchev–Trinajstić information content (AvgIpc) is 2.41. The molecule has 0 saturated heterocycles. The van der Waals surface area contributed by atoms with Crippen LogP contribution in [0.1, 0.15) is 31.7 Å². The van der Waals surface area contributed by atoms with Crippen molar-refractivity contribution < 1.29 is 9.53 Å². The molecule has 0 aliphatic heterocycles. The molecule has 4 heteroatoms. The van der Waals surface area contributed by atoms with Crippen molar-refractivity contribution in [3.8, 4) is 5.75 Å². The van der Waals surface area contributed by atoms with Gasteiger partial charge in [0.2, 0.25) is 5.91 Å². The molecule has 0 fully saturated rings. The van der Waals surface area contributed by atoms with Gasteiger partial charge in [-0.1, -0.05) is 32.0 Å². The molecule has 0 heterocycles. The largest absolute Gasteiger partial charge is 0.491 e. The standard InChI is InChI=1S/C15H24N2O2/c1-12(2)13-6-4-5-7-14(13)19-11-10-17-15(18)8-9-16-3/h4-7,12,16H,8-11H2,1-3H3,(H,17,18). The molecule has 0 aliphatic carbocycles. The van der Waals surface area contributed by atoms with E-state index in [1.54, 1.807) is 0 Å². The van der Waals surface area contributed by atoms with E-state index in [4.69, 9.17) is 4.74 Å². The zero-order valence-corrected chi connectivity index (χ0v) is 12.0. The molecule has 4 nitrogen and oxygen atoms in total. The van der Waals surface area contributed by atoms with Gasteiger partial charge in [-0.2, -0.15) is 0 Å². The Balaban J connectivity index is 2.31. The molecule has 19 heavy (non-hydrogen) atoms. The van der Waals surface area contributed by atoms with E-state index < -0.39 is 0 Å². The number of ether oxygens (including phenoxy) is 1. The molecule has 0 radical (unpaired) electrons. The number of benzene rings is 1. The molecule has 0 bridgehead atoms. The molecule has 0 saturated carbocycles. The first-order valence-corrected chi connectivity index (χ1v) is 6.78. The molecule has 0 spiro atoms. The zero-order chi connectivity index (χ0) is 14.1. The van der Waals surface area contributed by atoms with Crippen LogP contribution in [0.3, 0.4) is 0 Å². The van der Waals surface area contributed by atoms with Crippen LogP contribution in [-0.2, 0) is 4.79 Å². The summed E-state index contributed by atoms with van der Waals surface area (Å²) in [5.41, 5.74) is 1.20. The van der Waals surface area contributed by atoms with E-state index in [1.165, 1.54) is 5.56 Å². The van der Waals surface area contributed by atoms with Crippen molar-refractivity contribution in [1.29, 1.82) is 0 Å². The quantitative estimate of drug-likeness (QED) is 0.705. The van der Waals surface area contributed by atoms with Gasteiger partial charge in [0.25, 0.3) is 0 Å². The molecule has 0 aliphatic rings. The number of hydrogen-bond donors (Lipinski definition) is 2. The van der Waals surface area contributed by atoms with Crippen LogP contribution < -0.4 is 15.4 Å². The maximum atomic E-state index is 11.4. The first-order valence-electron chi connectivity index (χ1n) is 6.78. The summed E-state index contributed by atoms with van der Waals surface area (Å²) in [5, 5.41) is 5.78. The molecule has 1 aromatic rings. The fourth-order valence-corrected chi connectivity index (χ4v) is 1.77. The van der Waals surface area contributed by atoms with E-state index in [9.17, 15) is 4.79 Å². The van der Waals surface area contributed by atoms with Crippen LogP contribution in [0.5, 0.6) is 5.75 Å². The van der Waals surface area contributed by atoms with Crippen molar-refractivity contribution in [2.75, 3.05) is 26.7 Å². The van der Waals surface area contributed by atoms with Crippen molar-refractivity contribution in [2.45, 2.75) is 26.2 Å². The van der Waals surface area contributed by atoms with Crippen LogP contribution in [0.15, 0.2) is 24.3 Å². The minimum atomic E-state index is 0.0510. The first-order chi connectivity index (χ1) is 9.15. The van der Waals surface area contributed by atoms with Crippen molar-refractivity contribution in [1.82, 2.24) is 10.6 Å². The van der Waals surface area contributed by atoms with Crippen LogP contribution in [-0.4, -0.2) is 32.7 Å². The second kappa shape index (κ2) is 8.53. The van der Waals surface area contributed by atoms with Gasteiger partial charge in [0.15, 0.2) is 0 Å². The minimum absolute atomic E-state index is 0.0510. The predicted molar refractivity (Wildman–Crippen MR) is 77.6 cm³/mol. The highest BCUT2D eigenvalue weighted by atomic mass is 16.5. The Hall–Kier alpha value is -1.55. The molecule has 106 valence electrons. The topological polar surface area (TPSA) is 50.4 Å². The predicted octanol–water partition coefficient (Wildman–Crippen LogP) is 1.91. The lowest BCUT2D eigenvalue weighted by atomic mass is 10.0. The third-order valence-electron chi connectivity index (χ3n) is 2.82. The van der Waals surface area contributed by atoms with Gasteiger partial charge in [0, 0.05) is 13.0 Å². The van der Waals surface area contributed by atoms with Crippen LogP contribution in [0.25, 0.3) is 0 Å². The van der Waals surface area contributed by atoms with Crippen LogP contribution in [0, 0.1) is 0 Å². The lowest BCUT2D eigenvalue weighted by Gasteiger charge is -2.14. The number of carbonyl (C=O) groups is 1. The molecule has 2 N–H and O–H groups in total. The molecule has 0 atom stereocenters. The van der Waals surface area contributed by atoms with E-state index in [1.807, 2.05) is 25.2 Å². The summed E-state index contributed by atoms with van der Waals surface area (Å²) in [5.74, 6) is 1.39. The molecule has 1 rings (SSSR count). The molecule has 1 amide bonds. The molecule has 1 aromatic carbocycles. The second-order valence-electron chi connectivity index (χ2n) is 4.74. The van der Waals surface area contributed by atoms with E-state index in [2.05, 4.69) is 30.5 Å². The van der Waals surface area contributed by atoms with Gasteiger partial charge in [-0.15, -0.1) is 0 Å². The Morgan fingerprint density at radius 1 is 1.26 bits per heavy atom. The average molecular weight is 264 g/mol. The normalized spacial score (nSPS) is 10.5. The summed E-state index contributed by atoms with van der Waals surface area (Å²) in [6.45, 7) is 6.01. The monoisotopic (exact) mass is 264 g/mol. The summed E-state index contributed by atoms with van der Waals surface area (Å²) in [4.78, 5) is 11.4. The molecular weight excluding hydrogens is 240 g/mol. The second-order valence-corrected chi connectivity index (χ2v) is 4.74. The van der Waals surface area contributed by atoms with Crippen molar-refractivity contribution >= 4 is 5.91 Å². The molecular formula is C15H24N2O2.